The van der Waals surface area contributed by atoms with Crippen molar-refractivity contribution < 1.29 is 18.3 Å². The summed E-state index contributed by atoms with van der Waals surface area (Å²) in [4.78, 5) is 26.2. The van der Waals surface area contributed by atoms with Gasteiger partial charge < -0.3 is 15.0 Å². The fourth-order valence-electron chi connectivity index (χ4n) is 3.07. The molecular weight excluding hydrogens is 346 g/mol. The number of fused-ring (bicyclic) bond motifs is 1. The first-order valence-electron chi connectivity index (χ1n) is 8.17. The third-order valence-electron chi connectivity index (χ3n) is 4.27. The quantitative estimate of drug-likeness (QED) is 0.860. The summed E-state index contributed by atoms with van der Waals surface area (Å²) >= 11 is 0. The van der Waals surface area contributed by atoms with Gasteiger partial charge in [-0.3, -0.25) is 5.32 Å². The summed E-state index contributed by atoms with van der Waals surface area (Å²) < 4.78 is 31.6. The van der Waals surface area contributed by atoms with Gasteiger partial charge in [0.2, 0.25) is 0 Å². The molecule has 8 nitrogen and oxygen atoms in total. The van der Waals surface area contributed by atoms with Crippen molar-refractivity contribution in [1.82, 2.24) is 20.3 Å². The topological polar surface area (TPSA) is 92.3 Å². The zero-order valence-electron chi connectivity index (χ0n) is 13.7. The van der Waals surface area contributed by atoms with Crippen molar-refractivity contribution in [2.45, 2.75) is 12.5 Å². The lowest BCUT2D eigenvalue weighted by Crippen LogP contribution is -2.43. The predicted molar refractivity (Wildman–Crippen MR) is 89.2 cm³/mol. The molecule has 2 aromatic heterocycles. The molecule has 0 aliphatic carbocycles. The Hall–Kier alpha value is -2.88. The Labute approximate surface area is 147 Å². The number of cyclic esters (lactones) is 1. The van der Waals surface area contributed by atoms with Gasteiger partial charge in [0.05, 0.1) is 11.3 Å². The van der Waals surface area contributed by atoms with Crippen molar-refractivity contribution >= 4 is 17.7 Å². The van der Waals surface area contributed by atoms with E-state index in [2.05, 4.69) is 30.5 Å². The normalized spacial score (nSPS) is 19.7. The number of aromatic nitrogens is 3. The average molecular weight is 362 g/mol. The number of rotatable bonds is 3. The van der Waals surface area contributed by atoms with E-state index in [1.165, 1.54) is 6.33 Å². The lowest BCUT2D eigenvalue weighted by molar-refractivity contribution is -0.0170. The molecule has 4 heterocycles. The number of piperazine rings is 1. The van der Waals surface area contributed by atoms with Crippen LogP contribution in [0.2, 0.25) is 0 Å². The first kappa shape index (κ1) is 16.6. The standard InChI is InChI=1S/C16H16F2N6O2/c17-14(18)13-11-12(20-8-21-15(11)23-16(25)26-13)9-2-1-3-10(22-9)24-6-4-19-5-7-24/h1-3,8,13-14,19H,4-7H2,(H,20,21,23,25). The summed E-state index contributed by atoms with van der Waals surface area (Å²) in [7, 11) is 0. The Bertz CT molecular complexity index is 828. The van der Waals surface area contributed by atoms with Crippen LogP contribution in [-0.2, 0) is 4.74 Å². The van der Waals surface area contributed by atoms with E-state index in [4.69, 9.17) is 4.74 Å². The molecule has 10 heteroatoms. The smallest absolute Gasteiger partial charge is 0.413 e. The van der Waals surface area contributed by atoms with E-state index < -0.39 is 18.6 Å². The Morgan fingerprint density at radius 1 is 1.23 bits per heavy atom. The number of hydrogen-bond donors (Lipinski definition) is 2. The van der Waals surface area contributed by atoms with Crippen LogP contribution >= 0.6 is 0 Å². The predicted octanol–water partition coefficient (Wildman–Crippen LogP) is 1.82. The molecule has 0 aromatic carbocycles. The van der Waals surface area contributed by atoms with E-state index in [1.807, 2.05) is 6.07 Å². The molecule has 1 atom stereocenters. The number of carbonyl (C=O) groups is 1. The van der Waals surface area contributed by atoms with Gasteiger partial charge in [0.15, 0.2) is 6.10 Å². The third kappa shape index (κ3) is 3.03. The fourth-order valence-corrected chi connectivity index (χ4v) is 3.07. The Kier molecular flexibility index (Phi) is 4.33. The van der Waals surface area contributed by atoms with Crippen LogP contribution in [-0.4, -0.2) is 53.6 Å². The fraction of sp³-hybridized carbons (Fsp3) is 0.375. The number of halogens is 2. The maximum atomic E-state index is 13.4. The van der Waals surface area contributed by atoms with Crippen LogP contribution in [0.1, 0.15) is 11.7 Å². The molecule has 0 bridgehead atoms. The number of nitrogens with zero attached hydrogens (tertiary/aromatic N) is 4. The largest absolute Gasteiger partial charge is 0.435 e. The van der Waals surface area contributed by atoms with E-state index in [0.717, 1.165) is 32.0 Å². The van der Waals surface area contributed by atoms with Gasteiger partial charge in [-0.25, -0.2) is 28.5 Å². The molecule has 2 aliphatic rings. The molecule has 2 aliphatic heterocycles. The molecule has 1 unspecified atom stereocenters. The number of anilines is 2. The molecular formula is C16H16F2N6O2. The van der Waals surface area contributed by atoms with Crippen LogP contribution in [0.15, 0.2) is 24.5 Å². The molecule has 0 spiro atoms. The summed E-state index contributed by atoms with van der Waals surface area (Å²) in [5.74, 6) is 0.761. The van der Waals surface area contributed by atoms with Gasteiger partial charge in [-0.05, 0) is 12.1 Å². The molecule has 26 heavy (non-hydrogen) atoms. The minimum atomic E-state index is -2.90. The Morgan fingerprint density at radius 3 is 2.81 bits per heavy atom. The van der Waals surface area contributed by atoms with E-state index in [1.54, 1.807) is 12.1 Å². The third-order valence-corrected chi connectivity index (χ3v) is 4.27. The maximum absolute atomic E-state index is 13.4. The Morgan fingerprint density at radius 2 is 2.04 bits per heavy atom. The second kappa shape index (κ2) is 6.79. The van der Waals surface area contributed by atoms with Crippen molar-refractivity contribution in [3.8, 4) is 11.4 Å². The summed E-state index contributed by atoms with van der Waals surface area (Å²) in [6, 6.07) is 5.35. The molecule has 0 saturated carbocycles. The molecule has 1 fully saturated rings. The minimum Gasteiger partial charge on any atom is -0.435 e. The first-order valence-corrected chi connectivity index (χ1v) is 8.17. The highest BCUT2D eigenvalue weighted by Crippen LogP contribution is 2.38. The van der Waals surface area contributed by atoms with E-state index in [9.17, 15) is 13.6 Å². The monoisotopic (exact) mass is 362 g/mol. The molecule has 4 rings (SSSR count). The summed E-state index contributed by atoms with van der Waals surface area (Å²) in [5.41, 5.74) is 0.675. The van der Waals surface area contributed by atoms with Crippen molar-refractivity contribution in [2.75, 3.05) is 36.4 Å². The van der Waals surface area contributed by atoms with Crippen LogP contribution in [0.4, 0.5) is 25.2 Å². The lowest BCUT2D eigenvalue weighted by Gasteiger charge is -2.29. The molecule has 0 radical (unpaired) electrons. The van der Waals surface area contributed by atoms with Crippen LogP contribution < -0.4 is 15.5 Å². The summed E-state index contributed by atoms with van der Waals surface area (Å²) in [6.07, 6.45) is -4.39. The van der Waals surface area contributed by atoms with Gasteiger partial charge in [-0.1, -0.05) is 6.07 Å². The van der Waals surface area contributed by atoms with Crippen LogP contribution in [0, 0.1) is 0 Å². The van der Waals surface area contributed by atoms with Gasteiger partial charge in [0.25, 0.3) is 6.43 Å². The molecule has 2 aromatic rings. The maximum Gasteiger partial charge on any atom is 0.413 e. The highest BCUT2D eigenvalue weighted by Gasteiger charge is 2.37. The van der Waals surface area contributed by atoms with E-state index in [-0.39, 0.29) is 17.1 Å². The van der Waals surface area contributed by atoms with Crippen molar-refractivity contribution in [3.05, 3.63) is 30.1 Å². The summed E-state index contributed by atoms with van der Waals surface area (Å²) in [6.45, 7) is 3.30. The van der Waals surface area contributed by atoms with Crippen molar-refractivity contribution in [3.63, 3.8) is 0 Å². The average Bonchev–Trinajstić information content (AvgIpc) is 2.67. The number of amides is 1. The Balaban J connectivity index is 1.77. The van der Waals surface area contributed by atoms with Crippen LogP contribution in [0.3, 0.4) is 0 Å². The number of ether oxygens (including phenoxy) is 1. The van der Waals surface area contributed by atoms with Crippen LogP contribution in [0.5, 0.6) is 0 Å². The van der Waals surface area contributed by atoms with Gasteiger partial charge in [0, 0.05) is 26.2 Å². The van der Waals surface area contributed by atoms with Gasteiger partial charge >= 0.3 is 6.09 Å². The van der Waals surface area contributed by atoms with Gasteiger partial charge in [-0.2, -0.15) is 0 Å². The zero-order valence-corrected chi connectivity index (χ0v) is 13.7. The lowest BCUT2D eigenvalue weighted by atomic mass is 10.0. The first-order chi connectivity index (χ1) is 12.6. The molecule has 2 N–H and O–H groups in total. The molecule has 1 saturated heterocycles. The van der Waals surface area contributed by atoms with Crippen molar-refractivity contribution in [2.24, 2.45) is 0 Å². The van der Waals surface area contributed by atoms with Crippen molar-refractivity contribution in [1.29, 1.82) is 0 Å². The minimum absolute atomic E-state index is 0.0194. The zero-order chi connectivity index (χ0) is 18.1. The SMILES string of the molecule is O=C1Nc2ncnc(-c3cccc(N4CCNCC4)n3)c2C(C(F)F)O1. The second-order valence-electron chi connectivity index (χ2n) is 5.89. The number of nitrogens with one attached hydrogen (secondary N) is 2. The molecule has 136 valence electrons. The number of hydrogen-bond acceptors (Lipinski definition) is 7. The summed E-state index contributed by atoms with van der Waals surface area (Å²) in [5, 5.41) is 5.60. The highest BCUT2D eigenvalue weighted by molar-refractivity contribution is 5.88. The van der Waals surface area contributed by atoms with E-state index in [0.29, 0.717) is 5.69 Å². The van der Waals surface area contributed by atoms with Gasteiger partial charge in [-0.15, -0.1) is 0 Å². The molecule has 1 amide bonds. The highest BCUT2D eigenvalue weighted by atomic mass is 19.3. The second-order valence-corrected chi connectivity index (χ2v) is 5.89. The van der Waals surface area contributed by atoms with Crippen LogP contribution in [0.25, 0.3) is 11.4 Å². The van der Waals surface area contributed by atoms with E-state index >= 15 is 0 Å². The number of carbonyl (C=O) groups excluding carboxylic acids is 1. The number of alkyl halides is 2. The van der Waals surface area contributed by atoms with Gasteiger partial charge in [0.1, 0.15) is 23.7 Å². The number of pyridine rings is 1.